The van der Waals surface area contributed by atoms with Crippen molar-refractivity contribution in [2.75, 3.05) is 0 Å². The predicted molar refractivity (Wildman–Crippen MR) is 69.9 cm³/mol. The molecule has 1 aromatic heterocycles. The van der Waals surface area contributed by atoms with E-state index in [0.29, 0.717) is 0 Å². The number of nitrogens with zero attached hydrogens (tertiary/aromatic N) is 2. The van der Waals surface area contributed by atoms with Crippen molar-refractivity contribution in [2.24, 2.45) is 0 Å². The maximum atomic E-state index is 4.09. The van der Waals surface area contributed by atoms with E-state index in [1.54, 1.807) is 11.8 Å². The van der Waals surface area contributed by atoms with Gasteiger partial charge >= 0.3 is 0 Å². The van der Waals surface area contributed by atoms with Crippen molar-refractivity contribution in [3.05, 3.63) is 54.4 Å². The zero-order valence-corrected chi connectivity index (χ0v) is 9.95. The summed E-state index contributed by atoms with van der Waals surface area (Å²) in [5.74, 6) is 0.903. The minimum Gasteiger partial charge on any atom is -0.254 e. The van der Waals surface area contributed by atoms with Crippen molar-refractivity contribution >= 4 is 22.5 Å². The van der Waals surface area contributed by atoms with Gasteiger partial charge in [0.05, 0.1) is 0 Å². The molecule has 0 spiro atoms. The molecule has 3 nitrogen and oxygen atoms in total. The maximum Gasteiger partial charge on any atom is 0.183 e. The fourth-order valence-electron chi connectivity index (χ4n) is 1.74. The molecule has 3 rings (SSSR count). The number of hydrogen-bond donors (Lipinski definition) is 1. The summed E-state index contributed by atoms with van der Waals surface area (Å²) in [6.07, 6.45) is 1.53. The summed E-state index contributed by atoms with van der Waals surface area (Å²) in [5, 5.41) is 10.1. The van der Waals surface area contributed by atoms with Crippen molar-refractivity contribution in [2.45, 2.75) is 10.9 Å². The molecule has 0 saturated carbocycles. The van der Waals surface area contributed by atoms with Crippen molar-refractivity contribution in [3.63, 3.8) is 0 Å². The van der Waals surface area contributed by atoms with Crippen LogP contribution in [0.25, 0.3) is 10.8 Å². The largest absolute Gasteiger partial charge is 0.254 e. The summed E-state index contributed by atoms with van der Waals surface area (Å²) in [5.41, 5.74) is 1.30. The van der Waals surface area contributed by atoms with Crippen LogP contribution >= 0.6 is 11.8 Å². The molecule has 0 atom stereocenters. The molecular formula is C13H11N3S. The molecule has 4 heteroatoms. The summed E-state index contributed by atoms with van der Waals surface area (Å²) >= 11 is 1.66. The number of hydrogen-bond acceptors (Lipinski definition) is 3. The van der Waals surface area contributed by atoms with Crippen molar-refractivity contribution in [1.29, 1.82) is 0 Å². The van der Waals surface area contributed by atoms with Crippen molar-refractivity contribution in [3.8, 4) is 0 Å². The second-order valence-corrected chi connectivity index (χ2v) is 4.72. The Labute approximate surface area is 103 Å². The number of fused-ring (bicyclic) bond motifs is 1. The highest BCUT2D eigenvalue weighted by atomic mass is 32.2. The third-order valence-corrected chi connectivity index (χ3v) is 3.53. The molecule has 0 unspecified atom stereocenters. The smallest absolute Gasteiger partial charge is 0.183 e. The Bertz CT molecular complexity index is 619. The Hall–Kier alpha value is -1.81. The van der Waals surface area contributed by atoms with Gasteiger partial charge in [-0.3, -0.25) is 5.10 Å². The minimum atomic E-state index is 0.859. The van der Waals surface area contributed by atoms with E-state index in [4.69, 9.17) is 0 Å². The zero-order valence-electron chi connectivity index (χ0n) is 9.13. The van der Waals surface area contributed by atoms with E-state index in [1.807, 2.05) is 0 Å². The van der Waals surface area contributed by atoms with Crippen LogP contribution in [0.2, 0.25) is 0 Å². The van der Waals surface area contributed by atoms with Crippen LogP contribution < -0.4 is 0 Å². The quantitative estimate of drug-likeness (QED) is 0.716. The molecule has 0 bridgehead atoms. The Morgan fingerprint density at radius 2 is 1.94 bits per heavy atom. The molecule has 0 amide bonds. The Kier molecular flexibility index (Phi) is 2.80. The van der Waals surface area contributed by atoms with E-state index in [2.05, 4.69) is 57.6 Å². The molecule has 0 aliphatic rings. The average Bonchev–Trinajstić information content (AvgIpc) is 2.89. The monoisotopic (exact) mass is 241 g/mol. The van der Waals surface area contributed by atoms with Gasteiger partial charge in [0, 0.05) is 5.75 Å². The van der Waals surface area contributed by atoms with Crippen LogP contribution in [0.1, 0.15) is 5.56 Å². The number of H-pyrrole nitrogens is 1. The lowest BCUT2D eigenvalue weighted by Gasteiger charge is -2.02. The highest BCUT2D eigenvalue weighted by Gasteiger charge is 1.99. The average molecular weight is 241 g/mol. The number of aromatic amines is 1. The standard InChI is InChI=1S/C13H11N3S/c1-2-4-12-7-10(5-6-11(12)3-1)8-17-13-14-9-15-16-13/h1-7,9H,8H2,(H,14,15,16). The van der Waals surface area contributed by atoms with E-state index < -0.39 is 0 Å². The first-order chi connectivity index (χ1) is 8.42. The summed E-state index contributed by atoms with van der Waals surface area (Å²) < 4.78 is 0. The number of nitrogens with one attached hydrogen (secondary N) is 1. The fourth-order valence-corrected chi connectivity index (χ4v) is 2.47. The molecule has 0 radical (unpaired) electrons. The fraction of sp³-hybridized carbons (Fsp3) is 0.0769. The topological polar surface area (TPSA) is 41.6 Å². The van der Waals surface area contributed by atoms with E-state index in [0.717, 1.165) is 10.9 Å². The highest BCUT2D eigenvalue weighted by Crippen LogP contribution is 2.21. The molecule has 0 saturated heterocycles. The first-order valence-electron chi connectivity index (χ1n) is 5.38. The van der Waals surface area contributed by atoms with Crippen LogP contribution in [0, 0.1) is 0 Å². The summed E-state index contributed by atoms with van der Waals surface area (Å²) in [6.45, 7) is 0. The van der Waals surface area contributed by atoms with Crippen LogP contribution in [-0.2, 0) is 5.75 Å². The molecule has 2 aromatic carbocycles. The van der Waals surface area contributed by atoms with Crippen LogP contribution in [0.5, 0.6) is 0 Å². The maximum absolute atomic E-state index is 4.09. The Morgan fingerprint density at radius 3 is 2.76 bits per heavy atom. The lowest BCUT2D eigenvalue weighted by atomic mass is 10.1. The summed E-state index contributed by atoms with van der Waals surface area (Å²) in [4.78, 5) is 4.09. The van der Waals surface area contributed by atoms with Gasteiger partial charge < -0.3 is 0 Å². The molecule has 0 aliphatic carbocycles. The van der Waals surface area contributed by atoms with E-state index in [1.165, 1.54) is 22.7 Å². The lowest BCUT2D eigenvalue weighted by molar-refractivity contribution is 0.973. The number of benzene rings is 2. The van der Waals surface area contributed by atoms with E-state index >= 15 is 0 Å². The van der Waals surface area contributed by atoms with Gasteiger partial charge in [0.2, 0.25) is 0 Å². The zero-order chi connectivity index (χ0) is 11.5. The first-order valence-corrected chi connectivity index (χ1v) is 6.36. The molecule has 1 heterocycles. The minimum absolute atomic E-state index is 0.859. The van der Waals surface area contributed by atoms with Crippen molar-refractivity contribution in [1.82, 2.24) is 15.2 Å². The molecule has 84 valence electrons. The molecule has 17 heavy (non-hydrogen) atoms. The molecule has 0 aliphatic heterocycles. The van der Waals surface area contributed by atoms with Crippen molar-refractivity contribution < 1.29 is 0 Å². The number of aromatic nitrogens is 3. The highest BCUT2D eigenvalue weighted by molar-refractivity contribution is 7.98. The third kappa shape index (κ3) is 2.31. The van der Waals surface area contributed by atoms with Gasteiger partial charge in [-0.25, -0.2) is 4.98 Å². The van der Waals surface area contributed by atoms with E-state index in [9.17, 15) is 0 Å². The van der Waals surface area contributed by atoms with Gasteiger partial charge in [-0.05, 0) is 16.3 Å². The van der Waals surface area contributed by atoms with Gasteiger partial charge in [-0.15, -0.1) is 0 Å². The SMILES string of the molecule is c1ccc2cc(CSc3ncn[nH]3)ccc2c1. The van der Waals surface area contributed by atoms with E-state index in [-0.39, 0.29) is 0 Å². The predicted octanol–water partition coefficient (Wildman–Crippen LogP) is 3.25. The van der Waals surface area contributed by atoms with Crippen LogP contribution in [-0.4, -0.2) is 15.2 Å². The van der Waals surface area contributed by atoms with Gasteiger partial charge in [0.15, 0.2) is 5.16 Å². The molecule has 1 N–H and O–H groups in total. The number of thioether (sulfide) groups is 1. The van der Waals surface area contributed by atoms with Gasteiger partial charge in [0.25, 0.3) is 0 Å². The lowest BCUT2D eigenvalue weighted by Crippen LogP contribution is -1.82. The number of rotatable bonds is 3. The van der Waals surface area contributed by atoms with Crippen LogP contribution in [0.3, 0.4) is 0 Å². The van der Waals surface area contributed by atoms with Crippen LogP contribution in [0.4, 0.5) is 0 Å². The first kappa shape index (κ1) is 10.4. The molecule has 0 fully saturated rings. The third-order valence-electron chi connectivity index (χ3n) is 2.58. The van der Waals surface area contributed by atoms with Gasteiger partial charge in [-0.1, -0.05) is 54.2 Å². The Balaban J connectivity index is 1.81. The summed E-state index contributed by atoms with van der Waals surface area (Å²) in [7, 11) is 0. The molecule has 3 aromatic rings. The van der Waals surface area contributed by atoms with Gasteiger partial charge in [0.1, 0.15) is 6.33 Å². The molecular weight excluding hydrogens is 230 g/mol. The van der Waals surface area contributed by atoms with Gasteiger partial charge in [-0.2, -0.15) is 5.10 Å². The Morgan fingerprint density at radius 1 is 1.06 bits per heavy atom. The van der Waals surface area contributed by atoms with Crippen LogP contribution in [0.15, 0.2) is 53.9 Å². The normalized spacial score (nSPS) is 10.8. The second-order valence-electron chi connectivity index (χ2n) is 3.76. The summed E-state index contributed by atoms with van der Waals surface area (Å²) in [6, 6.07) is 14.9. The second kappa shape index (κ2) is 4.59.